The molecule has 0 aliphatic carbocycles. The fraction of sp³-hybridized carbons (Fsp3) is 0.500. The molecule has 0 unspecified atom stereocenters. The molecule has 0 atom stereocenters. The third kappa shape index (κ3) is 5.46. The second-order valence-electron chi connectivity index (χ2n) is 4.02. The van der Waals surface area contributed by atoms with E-state index in [0.29, 0.717) is 6.54 Å². The number of hydrogen-bond donors (Lipinski definition) is 1. The first-order valence-electron chi connectivity index (χ1n) is 5.59. The lowest BCUT2D eigenvalue weighted by Gasteiger charge is -2.23. The van der Waals surface area contributed by atoms with Crippen molar-refractivity contribution in [2.24, 2.45) is 0 Å². The van der Waals surface area contributed by atoms with Gasteiger partial charge >= 0.3 is 6.18 Å². The molecule has 0 bridgehead atoms. The van der Waals surface area contributed by atoms with Gasteiger partial charge in [0.1, 0.15) is 5.82 Å². The van der Waals surface area contributed by atoms with Crippen molar-refractivity contribution in [3.63, 3.8) is 0 Å². The van der Waals surface area contributed by atoms with Crippen molar-refractivity contribution in [2.75, 3.05) is 26.7 Å². The number of alkyl halides is 3. The minimum Gasteiger partial charge on any atom is -0.318 e. The Balaban J connectivity index is 2.69. The molecule has 0 aliphatic heterocycles. The van der Waals surface area contributed by atoms with E-state index in [9.17, 15) is 17.6 Å². The molecule has 1 aromatic carbocycles. The highest BCUT2D eigenvalue weighted by atomic mass is 19.4. The van der Waals surface area contributed by atoms with E-state index in [4.69, 9.17) is 0 Å². The summed E-state index contributed by atoms with van der Waals surface area (Å²) in [5, 5.41) is 2.78. The SMILES string of the molecule is CNCCN(Cc1ccccc1F)CC(F)(F)F. The van der Waals surface area contributed by atoms with Crippen LogP contribution in [0, 0.1) is 5.82 Å². The van der Waals surface area contributed by atoms with E-state index in [1.54, 1.807) is 13.1 Å². The smallest absolute Gasteiger partial charge is 0.318 e. The number of halogens is 4. The monoisotopic (exact) mass is 264 g/mol. The van der Waals surface area contributed by atoms with Crippen LogP contribution in [0.3, 0.4) is 0 Å². The molecule has 2 nitrogen and oxygen atoms in total. The molecule has 1 N–H and O–H groups in total. The average Bonchev–Trinajstić information content (AvgIpc) is 2.27. The van der Waals surface area contributed by atoms with E-state index in [1.807, 2.05) is 0 Å². The summed E-state index contributed by atoms with van der Waals surface area (Å²) in [7, 11) is 1.66. The average molecular weight is 264 g/mol. The van der Waals surface area contributed by atoms with Crippen molar-refractivity contribution in [1.29, 1.82) is 0 Å². The summed E-state index contributed by atoms with van der Waals surface area (Å²) >= 11 is 0. The molecule has 6 heteroatoms. The topological polar surface area (TPSA) is 15.3 Å². The van der Waals surface area contributed by atoms with Crippen LogP contribution in [0.5, 0.6) is 0 Å². The molecule has 0 fully saturated rings. The maximum Gasteiger partial charge on any atom is 0.401 e. The number of hydrogen-bond acceptors (Lipinski definition) is 2. The number of likely N-dealkylation sites (N-methyl/N-ethyl adjacent to an activating group) is 1. The third-order valence-electron chi connectivity index (χ3n) is 2.43. The Morgan fingerprint density at radius 3 is 2.44 bits per heavy atom. The summed E-state index contributed by atoms with van der Waals surface area (Å²) < 4.78 is 50.5. The van der Waals surface area contributed by atoms with Crippen molar-refractivity contribution in [2.45, 2.75) is 12.7 Å². The Morgan fingerprint density at radius 1 is 1.22 bits per heavy atom. The molecule has 0 saturated carbocycles. The molecular weight excluding hydrogens is 248 g/mol. The lowest BCUT2D eigenvalue weighted by atomic mass is 10.2. The molecule has 102 valence electrons. The Hall–Kier alpha value is -1.14. The third-order valence-corrected chi connectivity index (χ3v) is 2.43. The van der Waals surface area contributed by atoms with Gasteiger partial charge in [0.25, 0.3) is 0 Å². The zero-order valence-corrected chi connectivity index (χ0v) is 10.1. The van der Waals surface area contributed by atoms with E-state index in [0.717, 1.165) is 0 Å². The maximum atomic E-state index is 13.4. The van der Waals surface area contributed by atoms with Gasteiger partial charge in [0, 0.05) is 25.2 Å². The highest BCUT2D eigenvalue weighted by Gasteiger charge is 2.30. The second kappa shape index (κ2) is 6.70. The van der Waals surface area contributed by atoms with Crippen LogP contribution in [-0.4, -0.2) is 37.8 Å². The minimum absolute atomic E-state index is 0.0478. The van der Waals surface area contributed by atoms with Gasteiger partial charge in [0.2, 0.25) is 0 Å². The molecule has 0 radical (unpaired) electrons. The van der Waals surface area contributed by atoms with Crippen molar-refractivity contribution in [3.05, 3.63) is 35.6 Å². The molecule has 0 saturated heterocycles. The first-order valence-corrected chi connectivity index (χ1v) is 5.59. The molecule has 0 spiro atoms. The van der Waals surface area contributed by atoms with Crippen LogP contribution < -0.4 is 5.32 Å². The number of nitrogens with one attached hydrogen (secondary N) is 1. The van der Waals surface area contributed by atoms with Crippen molar-refractivity contribution < 1.29 is 17.6 Å². The van der Waals surface area contributed by atoms with Crippen LogP contribution in [0.25, 0.3) is 0 Å². The molecule has 18 heavy (non-hydrogen) atoms. The summed E-state index contributed by atoms with van der Waals surface area (Å²) in [4.78, 5) is 1.18. The normalized spacial score (nSPS) is 12.1. The number of benzene rings is 1. The lowest BCUT2D eigenvalue weighted by Crippen LogP contribution is -2.37. The summed E-state index contributed by atoms with van der Waals surface area (Å²) in [6, 6.07) is 5.88. The fourth-order valence-electron chi connectivity index (χ4n) is 1.61. The van der Waals surface area contributed by atoms with Gasteiger partial charge in [0.05, 0.1) is 6.54 Å². The lowest BCUT2D eigenvalue weighted by molar-refractivity contribution is -0.147. The maximum absolute atomic E-state index is 13.4. The van der Waals surface area contributed by atoms with Crippen molar-refractivity contribution >= 4 is 0 Å². The van der Waals surface area contributed by atoms with Crippen LogP contribution in [0.4, 0.5) is 17.6 Å². The fourth-order valence-corrected chi connectivity index (χ4v) is 1.61. The molecule has 1 rings (SSSR count). The Morgan fingerprint density at radius 2 is 1.89 bits per heavy atom. The van der Waals surface area contributed by atoms with Crippen LogP contribution in [-0.2, 0) is 6.54 Å². The number of rotatable bonds is 6. The largest absolute Gasteiger partial charge is 0.401 e. The van der Waals surface area contributed by atoms with Crippen LogP contribution >= 0.6 is 0 Å². The zero-order valence-electron chi connectivity index (χ0n) is 10.1. The highest BCUT2D eigenvalue weighted by Crippen LogP contribution is 2.18. The van der Waals surface area contributed by atoms with E-state index in [2.05, 4.69) is 5.32 Å². The molecule has 1 aromatic rings. The van der Waals surface area contributed by atoms with Crippen LogP contribution in [0.1, 0.15) is 5.56 Å². The molecule has 0 amide bonds. The molecule has 0 aromatic heterocycles. The summed E-state index contributed by atoms with van der Waals surface area (Å²) in [6.07, 6.45) is -4.28. The first kappa shape index (κ1) is 14.9. The summed E-state index contributed by atoms with van der Waals surface area (Å²) in [5.74, 6) is -0.478. The summed E-state index contributed by atoms with van der Waals surface area (Å²) in [5.41, 5.74) is 0.276. The van der Waals surface area contributed by atoms with Gasteiger partial charge in [-0.05, 0) is 13.1 Å². The van der Waals surface area contributed by atoms with Gasteiger partial charge in [-0.3, -0.25) is 4.90 Å². The molecule has 0 aliphatic rings. The quantitative estimate of drug-likeness (QED) is 0.794. The Kier molecular flexibility index (Phi) is 5.55. The van der Waals surface area contributed by atoms with Crippen LogP contribution in [0.2, 0.25) is 0 Å². The Labute approximate surface area is 104 Å². The van der Waals surface area contributed by atoms with Crippen molar-refractivity contribution in [3.8, 4) is 0 Å². The van der Waals surface area contributed by atoms with Gasteiger partial charge in [-0.15, -0.1) is 0 Å². The van der Waals surface area contributed by atoms with Gasteiger partial charge in [-0.2, -0.15) is 13.2 Å². The van der Waals surface area contributed by atoms with E-state index >= 15 is 0 Å². The standard InChI is InChI=1S/C12H16F4N2/c1-17-6-7-18(9-12(14,15)16)8-10-4-2-3-5-11(10)13/h2-5,17H,6-9H2,1H3. The predicted molar refractivity (Wildman–Crippen MR) is 61.7 cm³/mol. The van der Waals surface area contributed by atoms with Crippen molar-refractivity contribution in [1.82, 2.24) is 10.2 Å². The van der Waals surface area contributed by atoms with Gasteiger partial charge in [0.15, 0.2) is 0 Å². The first-order chi connectivity index (χ1) is 8.42. The van der Waals surface area contributed by atoms with Crippen LogP contribution in [0.15, 0.2) is 24.3 Å². The van der Waals surface area contributed by atoms with E-state index < -0.39 is 18.5 Å². The van der Waals surface area contributed by atoms with Gasteiger partial charge < -0.3 is 5.32 Å². The predicted octanol–water partition coefficient (Wildman–Crippen LogP) is 2.41. The van der Waals surface area contributed by atoms with Gasteiger partial charge in [-0.1, -0.05) is 18.2 Å². The number of nitrogens with zero attached hydrogens (tertiary/aromatic N) is 1. The highest BCUT2D eigenvalue weighted by molar-refractivity contribution is 5.17. The zero-order chi connectivity index (χ0) is 13.6. The Bertz CT molecular complexity index is 365. The summed E-state index contributed by atoms with van der Waals surface area (Å²) in [6.45, 7) is -0.453. The minimum atomic E-state index is -4.28. The second-order valence-corrected chi connectivity index (χ2v) is 4.02. The van der Waals surface area contributed by atoms with E-state index in [-0.39, 0.29) is 18.7 Å². The molecule has 0 heterocycles. The van der Waals surface area contributed by atoms with E-state index in [1.165, 1.54) is 23.1 Å². The molecular formula is C12H16F4N2. The van der Waals surface area contributed by atoms with Gasteiger partial charge in [-0.25, -0.2) is 4.39 Å².